The molecular formula is C20H20N4O2. The Morgan fingerprint density at radius 1 is 1.23 bits per heavy atom. The van der Waals surface area contributed by atoms with Gasteiger partial charge in [-0.1, -0.05) is 18.7 Å². The number of aliphatic hydroxyl groups is 1. The molecule has 0 aliphatic heterocycles. The maximum atomic E-state index is 10.4. The van der Waals surface area contributed by atoms with Crippen molar-refractivity contribution in [3.05, 3.63) is 48.8 Å². The van der Waals surface area contributed by atoms with Crippen LogP contribution in [-0.2, 0) is 0 Å². The Morgan fingerprint density at radius 2 is 2.04 bits per heavy atom. The standard InChI is InChI=1S/C20H20N4O2/c1-3-12-4-5-15(17(25)8-12)18-14-6-7-21-11-16(14)19(24-23-18)22-13-9-20(2,26)10-13/h3-8,11,13,25-26H,1,9-10H2,2H3,(H,22,24). The van der Waals surface area contributed by atoms with Crippen LogP contribution >= 0.6 is 0 Å². The predicted molar refractivity (Wildman–Crippen MR) is 102 cm³/mol. The summed E-state index contributed by atoms with van der Waals surface area (Å²) < 4.78 is 0. The average molecular weight is 348 g/mol. The summed E-state index contributed by atoms with van der Waals surface area (Å²) in [5.74, 6) is 0.769. The van der Waals surface area contributed by atoms with Crippen molar-refractivity contribution in [3.63, 3.8) is 0 Å². The molecule has 2 heterocycles. The van der Waals surface area contributed by atoms with Gasteiger partial charge in [0.2, 0.25) is 0 Å². The fourth-order valence-electron chi connectivity index (χ4n) is 3.48. The van der Waals surface area contributed by atoms with Gasteiger partial charge in [-0.25, -0.2) is 0 Å². The van der Waals surface area contributed by atoms with E-state index in [1.807, 2.05) is 25.1 Å². The summed E-state index contributed by atoms with van der Waals surface area (Å²) >= 11 is 0. The molecule has 1 aliphatic rings. The van der Waals surface area contributed by atoms with Crippen LogP contribution < -0.4 is 5.32 Å². The molecule has 0 spiro atoms. The van der Waals surface area contributed by atoms with Gasteiger partial charge in [0.15, 0.2) is 5.82 Å². The third kappa shape index (κ3) is 2.88. The maximum Gasteiger partial charge on any atom is 0.158 e. The number of aromatic nitrogens is 3. The molecule has 26 heavy (non-hydrogen) atoms. The Kier molecular flexibility index (Phi) is 3.85. The molecule has 3 aromatic rings. The van der Waals surface area contributed by atoms with Crippen molar-refractivity contribution in [2.75, 3.05) is 5.32 Å². The van der Waals surface area contributed by atoms with Gasteiger partial charge in [-0.05, 0) is 43.5 Å². The zero-order valence-corrected chi connectivity index (χ0v) is 14.5. The third-order valence-corrected chi connectivity index (χ3v) is 4.81. The normalized spacial score (nSPS) is 22.0. The Hall–Kier alpha value is -2.99. The summed E-state index contributed by atoms with van der Waals surface area (Å²) in [6.07, 6.45) is 6.45. The van der Waals surface area contributed by atoms with Crippen molar-refractivity contribution in [1.82, 2.24) is 15.2 Å². The SMILES string of the molecule is C=Cc1ccc(-c2nnc(NC3CC(C)(O)C3)c3cnccc23)c(O)c1. The second-order valence-corrected chi connectivity index (χ2v) is 7.05. The van der Waals surface area contributed by atoms with Crippen molar-refractivity contribution in [2.24, 2.45) is 0 Å². The minimum atomic E-state index is -0.613. The minimum Gasteiger partial charge on any atom is -0.507 e. The van der Waals surface area contributed by atoms with Gasteiger partial charge in [0.25, 0.3) is 0 Å². The van der Waals surface area contributed by atoms with Crippen LogP contribution in [-0.4, -0.2) is 37.0 Å². The largest absolute Gasteiger partial charge is 0.507 e. The highest BCUT2D eigenvalue weighted by atomic mass is 16.3. The quantitative estimate of drug-likeness (QED) is 0.670. The number of nitrogens with zero attached hydrogens (tertiary/aromatic N) is 3. The van der Waals surface area contributed by atoms with Crippen LogP contribution in [0.15, 0.2) is 43.2 Å². The molecule has 4 rings (SSSR count). The smallest absolute Gasteiger partial charge is 0.158 e. The monoisotopic (exact) mass is 348 g/mol. The molecule has 3 N–H and O–H groups in total. The number of phenols is 1. The first-order chi connectivity index (χ1) is 12.5. The molecule has 1 aliphatic carbocycles. The number of aromatic hydroxyl groups is 1. The molecule has 0 radical (unpaired) electrons. The molecule has 0 amide bonds. The van der Waals surface area contributed by atoms with Gasteiger partial charge in [-0.15, -0.1) is 10.2 Å². The molecular weight excluding hydrogens is 328 g/mol. The molecule has 1 fully saturated rings. The second kappa shape index (κ2) is 6.07. The van der Waals surface area contributed by atoms with Gasteiger partial charge in [0.05, 0.1) is 5.60 Å². The van der Waals surface area contributed by atoms with Gasteiger partial charge >= 0.3 is 0 Å². The van der Waals surface area contributed by atoms with Crippen LogP contribution in [0.2, 0.25) is 0 Å². The van der Waals surface area contributed by atoms with E-state index in [1.54, 1.807) is 24.5 Å². The van der Waals surface area contributed by atoms with E-state index < -0.39 is 5.60 Å². The Balaban J connectivity index is 1.76. The first kappa shape index (κ1) is 16.5. The van der Waals surface area contributed by atoms with E-state index in [-0.39, 0.29) is 11.8 Å². The molecule has 0 saturated heterocycles. The number of phenolic OH excluding ortho intramolecular Hbond substituents is 1. The molecule has 1 aromatic carbocycles. The Labute approximate surface area is 151 Å². The summed E-state index contributed by atoms with van der Waals surface area (Å²) in [5, 5.41) is 34.0. The summed E-state index contributed by atoms with van der Waals surface area (Å²) in [7, 11) is 0. The van der Waals surface area contributed by atoms with Crippen molar-refractivity contribution < 1.29 is 10.2 Å². The fourth-order valence-corrected chi connectivity index (χ4v) is 3.48. The molecule has 2 aromatic heterocycles. The van der Waals surface area contributed by atoms with E-state index in [0.717, 1.165) is 16.3 Å². The maximum absolute atomic E-state index is 10.4. The van der Waals surface area contributed by atoms with Crippen molar-refractivity contribution in [3.8, 4) is 17.0 Å². The van der Waals surface area contributed by atoms with E-state index in [4.69, 9.17) is 0 Å². The highest BCUT2D eigenvalue weighted by Gasteiger charge is 2.38. The summed E-state index contributed by atoms with van der Waals surface area (Å²) in [5.41, 5.74) is 1.43. The second-order valence-electron chi connectivity index (χ2n) is 7.05. The number of pyridine rings is 1. The van der Waals surface area contributed by atoms with Gasteiger partial charge in [0.1, 0.15) is 11.4 Å². The van der Waals surface area contributed by atoms with E-state index in [1.165, 1.54) is 0 Å². The number of anilines is 1. The fraction of sp³-hybridized carbons (Fsp3) is 0.250. The van der Waals surface area contributed by atoms with Crippen molar-refractivity contribution in [2.45, 2.75) is 31.4 Å². The molecule has 6 heteroatoms. The van der Waals surface area contributed by atoms with E-state index in [0.29, 0.717) is 29.9 Å². The molecule has 0 atom stereocenters. The van der Waals surface area contributed by atoms with Crippen LogP contribution in [0.5, 0.6) is 5.75 Å². The number of nitrogens with one attached hydrogen (secondary N) is 1. The lowest BCUT2D eigenvalue weighted by molar-refractivity contribution is -0.0235. The van der Waals surface area contributed by atoms with Gasteiger partial charge in [-0.2, -0.15) is 0 Å². The van der Waals surface area contributed by atoms with E-state index in [2.05, 4.69) is 27.1 Å². The first-order valence-corrected chi connectivity index (χ1v) is 8.52. The summed E-state index contributed by atoms with van der Waals surface area (Å²) in [4.78, 5) is 4.20. The molecule has 6 nitrogen and oxygen atoms in total. The Bertz CT molecular complexity index is 992. The predicted octanol–water partition coefficient (Wildman–Crippen LogP) is 3.37. The molecule has 1 saturated carbocycles. The first-order valence-electron chi connectivity index (χ1n) is 8.52. The van der Waals surface area contributed by atoms with Crippen LogP contribution in [0.25, 0.3) is 28.1 Å². The minimum absolute atomic E-state index is 0.130. The average Bonchev–Trinajstić information content (AvgIpc) is 2.61. The highest BCUT2D eigenvalue weighted by molar-refractivity contribution is 6.00. The van der Waals surface area contributed by atoms with Gasteiger partial charge in [0, 0.05) is 34.8 Å². The number of hydrogen-bond acceptors (Lipinski definition) is 6. The van der Waals surface area contributed by atoms with Crippen LogP contribution in [0, 0.1) is 0 Å². The lowest BCUT2D eigenvalue weighted by Gasteiger charge is -2.41. The van der Waals surface area contributed by atoms with Crippen LogP contribution in [0.1, 0.15) is 25.3 Å². The van der Waals surface area contributed by atoms with Gasteiger partial charge < -0.3 is 15.5 Å². The Morgan fingerprint density at radius 3 is 2.73 bits per heavy atom. The number of hydrogen-bond donors (Lipinski definition) is 3. The number of benzene rings is 1. The number of fused-ring (bicyclic) bond motifs is 1. The zero-order chi connectivity index (χ0) is 18.3. The van der Waals surface area contributed by atoms with Crippen molar-refractivity contribution >= 4 is 22.7 Å². The molecule has 132 valence electrons. The lowest BCUT2D eigenvalue weighted by atomic mass is 9.77. The van der Waals surface area contributed by atoms with E-state index in [9.17, 15) is 10.2 Å². The lowest BCUT2D eigenvalue weighted by Crippen LogP contribution is -2.48. The van der Waals surface area contributed by atoms with E-state index >= 15 is 0 Å². The third-order valence-electron chi connectivity index (χ3n) is 4.81. The van der Waals surface area contributed by atoms with Crippen molar-refractivity contribution in [1.29, 1.82) is 0 Å². The molecule has 0 bridgehead atoms. The summed E-state index contributed by atoms with van der Waals surface area (Å²) in [6, 6.07) is 7.36. The van der Waals surface area contributed by atoms with Gasteiger partial charge in [-0.3, -0.25) is 4.98 Å². The highest BCUT2D eigenvalue weighted by Crippen LogP contribution is 2.37. The summed E-state index contributed by atoms with van der Waals surface area (Å²) in [6.45, 7) is 5.54. The topological polar surface area (TPSA) is 91.2 Å². The molecule has 0 unspecified atom stereocenters. The van der Waals surface area contributed by atoms with Crippen LogP contribution in [0.4, 0.5) is 5.82 Å². The van der Waals surface area contributed by atoms with Crippen LogP contribution in [0.3, 0.4) is 0 Å². The zero-order valence-electron chi connectivity index (χ0n) is 14.5. The number of rotatable bonds is 4.